The van der Waals surface area contributed by atoms with Gasteiger partial charge in [0.1, 0.15) is 0 Å². The van der Waals surface area contributed by atoms with Crippen molar-refractivity contribution >= 4 is 0 Å². The Bertz CT molecular complexity index is 361. The van der Waals surface area contributed by atoms with Crippen molar-refractivity contribution in [2.75, 3.05) is 13.2 Å². The lowest BCUT2D eigenvalue weighted by atomic mass is 9.95. The zero-order valence-corrected chi connectivity index (χ0v) is 11.7. The topological polar surface area (TPSA) is 25.4 Å². The molecule has 2 rings (SSSR count). The van der Waals surface area contributed by atoms with Crippen LogP contribution in [0.2, 0.25) is 0 Å². The highest BCUT2D eigenvalue weighted by Crippen LogP contribution is 2.32. The van der Waals surface area contributed by atoms with Crippen molar-refractivity contribution in [3.63, 3.8) is 0 Å². The maximum atomic E-state index is 5.40. The van der Waals surface area contributed by atoms with Crippen LogP contribution in [0.1, 0.15) is 51.6 Å². The average molecular weight is 248 g/mol. The molecule has 1 aliphatic rings. The van der Waals surface area contributed by atoms with Crippen molar-refractivity contribution in [3.8, 4) is 5.88 Å². The van der Waals surface area contributed by atoms with Gasteiger partial charge < -0.3 is 4.74 Å². The van der Waals surface area contributed by atoms with E-state index in [0.29, 0.717) is 18.7 Å². The number of hydrogen-bond acceptors (Lipinski definition) is 3. The maximum Gasteiger partial charge on any atom is 0.213 e. The van der Waals surface area contributed by atoms with E-state index in [-0.39, 0.29) is 0 Å². The molecule has 0 N–H and O–H groups in total. The highest BCUT2D eigenvalue weighted by molar-refractivity contribution is 5.21. The molecule has 0 radical (unpaired) electrons. The van der Waals surface area contributed by atoms with Crippen LogP contribution in [0.25, 0.3) is 0 Å². The van der Waals surface area contributed by atoms with Crippen molar-refractivity contribution < 1.29 is 4.74 Å². The summed E-state index contributed by atoms with van der Waals surface area (Å²) in [6.07, 6.45) is 5.87. The van der Waals surface area contributed by atoms with E-state index in [1.165, 1.54) is 31.4 Å². The molecule has 3 nitrogen and oxygen atoms in total. The summed E-state index contributed by atoms with van der Waals surface area (Å²) in [6, 6.07) is 5.29. The molecule has 3 heteroatoms. The fourth-order valence-corrected chi connectivity index (χ4v) is 2.75. The molecule has 1 unspecified atom stereocenters. The van der Waals surface area contributed by atoms with E-state index < -0.39 is 0 Å². The van der Waals surface area contributed by atoms with Crippen LogP contribution in [-0.4, -0.2) is 29.1 Å². The highest BCUT2D eigenvalue weighted by Gasteiger charge is 2.25. The molecule has 0 aliphatic carbocycles. The molecule has 0 spiro atoms. The SMILES string of the molecule is CCOc1ccc(C2CCCCN2C(C)C)cn1. The molecule has 1 aliphatic heterocycles. The fourth-order valence-electron chi connectivity index (χ4n) is 2.75. The quantitative estimate of drug-likeness (QED) is 0.816. The molecule has 0 bridgehead atoms. The Labute approximate surface area is 110 Å². The van der Waals surface area contributed by atoms with Crippen LogP contribution in [-0.2, 0) is 0 Å². The van der Waals surface area contributed by atoms with Crippen molar-refractivity contribution in [1.82, 2.24) is 9.88 Å². The van der Waals surface area contributed by atoms with Crippen LogP contribution < -0.4 is 4.74 Å². The summed E-state index contributed by atoms with van der Waals surface area (Å²) < 4.78 is 5.40. The van der Waals surface area contributed by atoms with Gasteiger partial charge in [-0.2, -0.15) is 0 Å². The fraction of sp³-hybridized carbons (Fsp3) is 0.667. The molecule has 1 aromatic heterocycles. The van der Waals surface area contributed by atoms with Gasteiger partial charge >= 0.3 is 0 Å². The van der Waals surface area contributed by atoms with Crippen molar-refractivity contribution in [2.45, 2.75) is 52.1 Å². The number of piperidine rings is 1. The van der Waals surface area contributed by atoms with Gasteiger partial charge in [0.05, 0.1) is 6.61 Å². The van der Waals surface area contributed by atoms with E-state index in [0.717, 1.165) is 5.88 Å². The van der Waals surface area contributed by atoms with Crippen molar-refractivity contribution in [2.24, 2.45) is 0 Å². The predicted octanol–water partition coefficient (Wildman–Crippen LogP) is 3.42. The van der Waals surface area contributed by atoms with Gasteiger partial charge in [-0.05, 0) is 45.7 Å². The second kappa shape index (κ2) is 6.19. The summed E-state index contributed by atoms with van der Waals surface area (Å²) in [6.45, 7) is 8.42. The molecule has 1 saturated heterocycles. The monoisotopic (exact) mass is 248 g/mol. The van der Waals surface area contributed by atoms with Crippen molar-refractivity contribution in [1.29, 1.82) is 0 Å². The highest BCUT2D eigenvalue weighted by atomic mass is 16.5. The van der Waals surface area contributed by atoms with Crippen LogP contribution in [0, 0.1) is 0 Å². The number of ether oxygens (including phenoxy) is 1. The van der Waals surface area contributed by atoms with E-state index in [9.17, 15) is 0 Å². The Morgan fingerprint density at radius 3 is 2.83 bits per heavy atom. The summed E-state index contributed by atoms with van der Waals surface area (Å²) in [5.41, 5.74) is 1.33. The third kappa shape index (κ3) is 3.02. The van der Waals surface area contributed by atoms with Gasteiger partial charge in [-0.1, -0.05) is 12.5 Å². The van der Waals surface area contributed by atoms with Gasteiger partial charge in [-0.15, -0.1) is 0 Å². The predicted molar refractivity (Wildman–Crippen MR) is 73.8 cm³/mol. The summed E-state index contributed by atoms with van der Waals surface area (Å²) in [5.74, 6) is 0.730. The zero-order chi connectivity index (χ0) is 13.0. The standard InChI is InChI=1S/C15H24N2O/c1-4-18-15-9-8-13(11-16-15)14-7-5-6-10-17(14)12(2)3/h8-9,11-12,14H,4-7,10H2,1-3H3. The van der Waals surface area contributed by atoms with Gasteiger partial charge in [0.2, 0.25) is 5.88 Å². The van der Waals surface area contributed by atoms with Gasteiger partial charge in [-0.3, -0.25) is 4.90 Å². The second-order valence-corrected chi connectivity index (χ2v) is 5.21. The summed E-state index contributed by atoms with van der Waals surface area (Å²) in [7, 11) is 0. The molecule has 2 heterocycles. The third-order valence-corrected chi connectivity index (χ3v) is 3.64. The zero-order valence-electron chi connectivity index (χ0n) is 11.7. The first kappa shape index (κ1) is 13.3. The third-order valence-electron chi connectivity index (χ3n) is 3.64. The first-order chi connectivity index (χ1) is 8.72. The van der Waals surface area contributed by atoms with Gasteiger partial charge in [0.15, 0.2) is 0 Å². The number of nitrogens with zero attached hydrogens (tertiary/aromatic N) is 2. The molecule has 100 valence electrons. The Morgan fingerprint density at radius 2 is 2.22 bits per heavy atom. The number of aromatic nitrogens is 1. The van der Waals surface area contributed by atoms with Crippen LogP contribution in [0.15, 0.2) is 18.3 Å². The smallest absolute Gasteiger partial charge is 0.213 e. The molecule has 1 atom stereocenters. The molecule has 0 amide bonds. The van der Waals surface area contributed by atoms with Gasteiger partial charge in [-0.25, -0.2) is 4.98 Å². The Balaban J connectivity index is 2.12. The van der Waals surface area contributed by atoms with E-state index >= 15 is 0 Å². The number of pyridine rings is 1. The lowest BCUT2D eigenvalue weighted by Gasteiger charge is -2.38. The maximum absolute atomic E-state index is 5.40. The minimum absolute atomic E-state index is 0.530. The van der Waals surface area contributed by atoms with Crippen LogP contribution in [0.4, 0.5) is 0 Å². The van der Waals surface area contributed by atoms with E-state index in [4.69, 9.17) is 4.74 Å². The average Bonchev–Trinajstić information content (AvgIpc) is 2.40. The van der Waals surface area contributed by atoms with Crippen LogP contribution in [0.5, 0.6) is 5.88 Å². The van der Waals surface area contributed by atoms with Gasteiger partial charge in [0, 0.05) is 24.3 Å². The normalized spacial score (nSPS) is 21.2. The van der Waals surface area contributed by atoms with E-state index in [1.54, 1.807) is 0 Å². The summed E-state index contributed by atoms with van der Waals surface area (Å²) in [4.78, 5) is 6.97. The Hall–Kier alpha value is -1.09. The Kier molecular flexibility index (Phi) is 4.59. The number of rotatable bonds is 4. The molecule has 0 saturated carbocycles. The minimum atomic E-state index is 0.530. The van der Waals surface area contributed by atoms with Crippen LogP contribution in [0.3, 0.4) is 0 Å². The number of likely N-dealkylation sites (tertiary alicyclic amines) is 1. The molecule has 18 heavy (non-hydrogen) atoms. The van der Waals surface area contributed by atoms with E-state index in [1.807, 2.05) is 19.2 Å². The first-order valence-electron chi connectivity index (χ1n) is 7.07. The largest absolute Gasteiger partial charge is 0.478 e. The molecular formula is C15H24N2O. The minimum Gasteiger partial charge on any atom is -0.478 e. The molecule has 0 aromatic carbocycles. The van der Waals surface area contributed by atoms with E-state index in [2.05, 4.69) is 29.8 Å². The summed E-state index contributed by atoms with van der Waals surface area (Å²) in [5, 5.41) is 0. The second-order valence-electron chi connectivity index (χ2n) is 5.21. The number of hydrogen-bond donors (Lipinski definition) is 0. The molecular weight excluding hydrogens is 224 g/mol. The first-order valence-corrected chi connectivity index (χ1v) is 7.07. The molecule has 1 aromatic rings. The van der Waals surface area contributed by atoms with Gasteiger partial charge in [0.25, 0.3) is 0 Å². The summed E-state index contributed by atoms with van der Waals surface area (Å²) >= 11 is 0. The Morgan fingerprint density at radius 1 is 1.39 bits per heavy atom. The van der Waals surface area contributed by atoms with Crippen molar-refractivity contribution in [3.05, 3.63) is 23.9 Å². The lowest BCUT2D eigenvalue weighted by Crippen LogP contribution is -2.38. The van der Waals surface area contributed by atoms with Crippen LogP contribution >= 0.6 is 0 Å². The molecule has 1 fully saturated rings. The lowest BCUT2D eigenvalue weighted by molar-refractivity contribution is 0.111.